The molecule has 0 N–H and O–H groups in total. The fourth-order valence-electron chi connectivity index (χ4n) is 1.04. The van der Waals surface area contributed by atoms with E-state index in [0.29, 0.717) is 0 Å². The zero-order chi connectivity index (χ0) is 9.78. The van der Waals surface area contributed by atoms with E-state index in [1.165, 1.54) is 0 Å². The first kappa shape index (κ1) is 11.6. The van der Waals surface area contributed by atoms with Crippen molar-refractivity contribution in [3.63, 3.8) is 0 Å². The van der Waals surface area contributed by atoms with Gasteiger partial charge in [0.1, 0.15) is 0 Å². The number of hydrogen-bond donors (Lipinski definition) is 0. The molecule has 0 saturated heterocycles. The molecule has 0 unspecified atom stereocenters. The normalized spacial score (nSPS) is 12.9. The van der Waals surface area contributed by atoms with Gasteiger partial charge < -0.3 is 4.74 Å². The van der Waals surface area contributed by atoms with Crippen LogP contribution < -0.4 is 0 Å². The molecule has 70 valence electrons. The van der Waals surface area contributed by atoms with Gasteiger partial charge in [-0.2, -0.15) is 0 Å². The van der Waals surface area contributed by atoms with Crippen LogP contribution in [-0.4, -0.2) is 7.11 Å². The largest absolute Gasteiger partial charge is 0.502 e. The van der Waals surface area contributed by atoms with Gasteiger partial charge in [0.05, 0.1) is 12.9 Å². The van der Waals surface area contributed by atoms with E-state index in [4.69, 9.17) is 16.3 Å². The van der Waals surface area contributed by atoms with Crippen LogP contribution in [0.5, 0.6) is 0 Å². The molecular formula is C10H17ClO. The van der Waals surface area contributed by atoms with Crippen LogP contribution in [0.1, 0.15) is 27.2 Å². The maximum Gasteiger partial charge on any atom is 0.0892 e. The van der Waals surface area contributed by atoms with Crippen molar-refractivity contribution in [1.82, 2.24) is 0 Å². The van der Waals surface area contributed by atoms with Crippen LogP contribution in [0.4, 0.5) is 0 Å². The van der Waals surface area contributed by atoms with Gasteiger partial charge in [-0.15, -0.1) is 0 Å². The minimum atomic E-state index is -0.0661. The maximum atomic E-state index is 6.02. The van der Waals surface area contributed by atoms with Crippen LogP contribution in [0.15, 0.2) is 23.4 Å². The van der Waals surface area contributed by atoms with E-state index in [0.717, 1.165) is 17.2 Å². The lowest BCUT2D eigenvalue weighted by molar-refractivity contribution is 0.249. The summed E-state index contributed by atoms with van der Waals surface area (Å²) in [6.45, 7) is 9.84. The van der Waals surface area contributed by atoms with Gasteiger partial charge in [-0.3, -0.25) is 0 Å². The Kier molecular flexibility index (Phi) is 4.40. The minimum Gasteiger partial charge on any atom is -0.502 e. The van der Waals surface area contributed by atoms with E-state index in [-0.39, 0.29) is 5.41 Å². The van der Waals surface area contributed by atoms with Crippen molar-refractivity contribution in [2.75, 3.05) is 7.11 Å². The molecule has 0 saturated carbocycles. The molecule has 0 aromatic rings. The summed E-state index contributed by atoms with van der Waals surface area (Å²) in [7, 11) is 1.63. The number of allylic oxidation sites excluding steroid dienone is 3. The van der Waals surface area contributed by atoms with Crippen LogP contribution in [0.25, 0.3) is 0 Å². The summed E-state index contributed by atoms with van der Waals surface area (Å²) in [5.41, 5.74) is -0.0661. The summed E-state index contributed by atoms with van der Waals surface area (Å²) < 4.78 is 5.00. The Hall–Kier alpha value is -0.430. The molecule has 2 heteroatoms. The Balaban J connectivity index is 4.32. The van der Waals surface area contributed by atoms with Crippen LogP contribution in [0.3, 0.4) is 0 Å². The van der Waals surface area contributed by atoms with Gasteiger partial charge >= 0.3 is 0 Å². The lowest BCUT2D eigenvalue weighted by atomic mass is 9.88. The second kappa shape index (κ2) is 4.56. The van der Waals surface area contributed by atoms with E-state index < -0.39 is 0 Å². The highest BCUT2D eigenvalue weighted by Gasteiger charge is 2.22. The van der Waals surface area contributed by atoms with E-state index in [9.17, 15) is 0 Å². The summed E-state index contributed by atoms with van der Waals surface area (Å²) in [6, 6.07) is 0. The van der Waals surface area contributed by atoms with Crippen LogP contribution in [0, 0.1) is 5.41 Å². The summed E-state index contributed by atoms with van der Waals surface area (Å²) in [6.07, 6.45) is 2.66. The first-order valence-corrected chi connectivity index (χ1v) is 4.36. The monoisotopic (exact) mass is 188 g/mol. The Morgan fingerprint density at radius 2 is 2.08 bits per heavy atom. The third-order valence-corrected chi connectivity index (χ3v) is 2.56. The third kappa shape index (κ3) is 3.31. The van der Waals surface area contributed by atoms with Gasteiger partial charge in [-0.05, 0) is 6.92 Å². The third-order valence-electron chi connectivity index (χ3n) is 1.83. The second-order valence-corrected chi connectivity index (χ2v) is 3.85. The molecule has 0 fully saturated rings. The highest BCUT2D eigenvalue weighted by molar-refractivity contribution is 6.30. The van der Waals surface area contributed by atoms with Crippen molar-refractivity contribution in [1.29, 1.82) is 0 Å². The second-order valence-electron chi connectivity index (χ2n) is 3.44. The first-order valence-electron chi connectivity index (χ1n) is 3.98. The Bertz CT molecular complexity index is 192. The standard InChI is InChI=1S/C10H17ClO/c1-6-9(11)10(3,4)7-8(2)12-5/h6H,2,7H2,1,3-5H3. The van der Waals surface area contributed by atoms with Crippen molar-refractivity contribution in [2.24, 2.45) is 5.41 Å². The van der Waals surface area contributed by atoms with Gasteiger partial charge in [0.25, 0.3) is 0 Å². The average molecular weight is 189 g/mol. The smallest absolute Gasteiger partial charge is 0.0892 e. The van der Waals surface area contributed by atoms with E-state index in [2.05, 4.69) is 20.4 Å². The Morgan fingerprint density at radius 3 is 2.42 bits per heavy atom. The predicted molar refractivity (Wildman–Crippen MR) is 54.2 cm³/mol. The summed E-state index contributed by atoms with van der Waals surface area (Å²) in [5, 5.41) is 0.848. The highest BCUT2D eigenvalue weighted by atomic mass is 35.5. The molecule has 0 aliphatic rings. The van der Waals surface area contributed by atoms with Crippen molar-refractivity contribution >= 4 is 11.6 Å². The molecule has 0 atom stereocenters. The quantitative estimate of drug-likeness (QED) is 0.612. The highest BCUT2D eigenvalue weighted by Crippen LogP contribution is 2.35. The van der Waals surface area contributed by atoms with Gasteiger partial charge in [0.15, 0.2) is 0 Å². The fourth-order valence-corrected chi connectivity index (χ4v) is 1.11. The lowest BCUT2D eigenvalue weighted by Crippen LogP contribution is -2.12. The molecule has 0 aliphatic heterocycles. The van der Waals surface area contributed by atoms with E-state index in [1.807, 2.05) is 13.0 Å². The number of rotatable bonds is 4. The van der Waals surface area contributed by atoms with Crippen LogP contribution in [-0.2, 0) is 4.74 Å². The van der Waals surface area contributed by atoms with Crippen molar-refractivity contribution in [3.8, 4) is 0 Å². The summed E-state index contributed by atoms with van der Waals surface area (Å²) in [5.74, 6) is 0.764. The molecule has 0 heterocycles. The van der Waals surface area contributed by atoms with Gasteiger partial charge in [-0.1, -0.05) is 38.1 Å². The molecule has 0 rings (SSSR count). The topological polar surface area (TPSA) is 9.23 Å². The molecule has 0 bridgehead atoms. The number of methoxy groups -OCH3 is 1. The number of ether oxygens (including phenoxy) is 1. The van der Waals surface area contributed by atoms with E-state index >= 15 is 0 Å². The zero-order valence-electron chi connectivity index (χ0n) is 8.28. The van der Waals surface area contributed by atoms with Crippen molar-refractivity contribution in [2.45, 2.75) is 27.2 Å². The Morgan fingerprint density at radius 1 is 1.58 bits per heavy atom. The predicted octanol–water partition coefficient (Wildman–Crippen LogP) is 3.71. The molecular weight excluding hydrogens is 172 g/mol. The Labute approximate surface area is 80.1 Å². The molecule has 12 heavy (non-hydrogen) atoms. The average Bonchev–Trinajstić information content (AvgIpc) is 2.02. The van der Waals surface area contributed by atoms with Crippen molar-refractivity contribution < 1.29 is 4.74 Å². The molecule has 0 spiro atoms. The van der Waals surface area contributed by atoms with Gasteiger partial charge in [0, 0.05) is 16.9 Å². The first-order chi connectivity index (χ1) is 5.44. The molecule has 0 amide bonds. The molecule has 0 aliphatic carbocycles. The van der Waals surface area contributed by atoms with E-state index in [1.54, 1.807) is 7.11 Å². The molecule has 0 aromatic carbocycles. The summed E-state index contributed by atoms with van der Waals surface area (Å²) >= 11 is 6.02. The van der Waals surface area contributed by atoms with Gasteiger partial charge in [-0.25, -0.2) is 0 Å². The fraction of sp³-hybridized carbons (Fsp3) is 0.600. The van der Waals surface area contributed by atoms with Crippen molar-refractivity contribution in [3.05, 3.63) is 23.4 Å². The lowest BCUT2D eigenvalue weighted by Gasteiger charge is -2.24. The molecule has 0 aromatic heterocycles. The van der Waals surface area contributed by atoms with Crippen LogP contribution in [0.2, 0.25) is 0 Å². The zero-order valence-corrected chi connectivity index (χ0v) is 9.03. The number of hydrogen-bond acceptors (Lipinski definition) is 1. The molecule has 0 radical (unpaired) electrons. The van der Waals surface area contributed by atoms with Gasteiger partial charge in [0.2, 0.25) is 0 Å². The SMILES string of the molecule is C=C(CC(C)(C)C(Cl)=CC)OC. The maximum absolute atomic E-state index is 6.02. The van der Waals surface area contributed by atoms with Crippen LogP contribution >= 0.6 is 11.6 Å². The number of halogens is 1. The molecule has 1 nitrogen and oxygen atoms in total. The summed E-state index contributed by atoms with van der Waals surface area (Å²) in [4.78, 5) is 0. The minimum absolute atomic E-state index is 0.0661.